The van der Waals surface area contributed by atoms with Crippen LogP contribution in [0.25, 0.3) is 5.70 Å². The van der Waals surface area contributed by atoms with Crippen molar-refractivity contribution in [2.24, 2.45) is 0 Å². The highest BCUT2D eigenvalue weighted by Gasteiger charge is 2.07. The molecule has 0 heterocycles. The van der Waals surface area contributed by atoms with Crippen molar-refractivity contribution in [3.05, 3.63) is 66.2 Å². The highest BCUT2D eigenvalue weighted by molar-refractivity contribution is 7.80. The summed E-state index contributed by atoms with van der Waals surface area (Å²) in [5.41, 5.74) is 8.04. The van der Waals surface area contributed by atoms with Gasteiger partial charge < -0.3 is 15.2 Å². The van der Waals surface area contributed by atoms with E-state index in [0.717, 1.165) is 13.0 Å². The number of aromatic hydroxyl groups is 1. The van der Waals surface area contributed by atoms with Crippen molar-refractivity contribution in [3.8, 4) is 11.5 Å². The van der Waals surface area contributed by atoms with E-state index in [1.54, 1.807) is 19.2 Å². The van der Waals surface area contributed by atoms with E-state index in [1.165, 1.54) is 11.6 Å². The highest BCUT2D eigenvalue weighted by atomic mass is 32.1. The molecule has 0 aromatic heterocycles. The van der Waals surface area contributed by atoms with Crippen LogP contribution in [0.3, 0.4) is 0 Å². The Hall–Kier alpha value is -2.73. The predicted octanol–water partition coefficient (Wildman–Crippen LogP) is 2.58. The first-order valence-electron chi connectivity index (χ1n) is 7.50. The van der Waals surface area contributed by atoms with Gasteiger partial charge in [0.15, 0.2) is 5.11 Å². The molecule has 4 N–H and O–H groups in total. The van der Waals surface area contributed by atoms with Crippen LogP contribution in [0.1, 0.15) is 11.1 Å². The SMILES string of the molecule is C=C(NNC(=S)NCCc1ccccc1)c1ccc(OC)cc1O. The van der Waals surface area contributed by atoms with Gasteiger partial charge in [-0.2, -0.15) is 0 Å². The fraction of sp³-hybridized carbons (Fsp3) is 0.167. The van der Waals surface area contributed by atoms with Crippen molar-refractivity contribution in [2.45, 2.75) is 6.42 Å². The van der Waals surface area contributed by atoms with Gasteiger partial charge in [0.1, 0.15) is 11.5 Å². The van der Waals surface area contributed by atoms with E-state index < -0.39 is 0 Å². The summed E-state index contributed by atoms with van der Waals surface area (Å²) in [6.45, 7) is 4.60. The van der Waals surface area contributed by atoms with E-state index in [9.17, 15) is 5.11 Å². The average Bonchev–Trinajstić information content (AvgIpc) is 2.60. The van der Waals surface area contributed by atoms with E-state index in [0.29, 0.717) is 22.1 Å². The molecule has 0 amide bonds. The molecule has 2 aromatic rings. The van der Waals surface area contributed by atoms with Gasteiger partial charge >= 0.3 is 0 Å². The van der Waals surface area contributed by atoms with Gasteiger partial charge in [-0.05, 0) is 36.3 Å². The standard InChI is InChI=1S/C18H21N3O2S/c1-13(16-9-8-15(23-2)12-17(16)22)20-21-18(24)19-11-10-14-6-4-3-5-7-14/h3-9,12,20,22H,1,10-11H2,2H3,(H2,19,21,24). The van der Waals surface area contributed by atoms with Gasteiger partial charge in [-0.25, -0.2) is 0 Å². The summed E-state index contributed by atoms with van der Waals surface area (Å²) < 4.78 is 5.05. The Morgan fingerprint density at radius 3 is 2.58 bits per heavy atom. The van der Waals surface area contributed by atoms with Gasteiger partial charge in [0.05, 0.1) is 12.8 Å². The second kappa shape index (κ2) is 8.79. The molecule has 0 radical (unpaired) electrons. The third-order valence-corrected chi connectivity index (χ3v) is 3.65. The molecule has 0 aliphatic rings. The number of thiocarbonyl (C=S) groups is 1. The second-order valence-electron chi connectivity index (χ2n) is 5.10. The van der Waals surface area contributed by atoms with Gasteiger partial charge in [-0.15, -0.1) is 0 Å². The molecule has 2 rings (SSSR count). The van der Waals surface area contributed by atoms with Crippen LogP contribution >= 0.6 is 12.2 Å². The van der Waals surface area contributed by atoms with Gasteiger partial charge in [-0.1, -0.05) is 36.9 Å². The molecule has 0 saturated carbocycles. The first kappa shape index (κ1) is 17.6. The number of hydrogen-bond donors (Lipinski definition) is 4. The monoisotopic (exact) mass is 343 g/mol. The van der Waals surface area contributed by atoms with Gasteiger partial charge in [0.2, 0.25) is 0 Å². The Labute approximate surface area is 147 Å². The minimum atomic E-state index is 0.0802. The zero-order valence-corrected chi connectivity index (χ0v) is 14.3. The lowest BCUT2D eigenvalue weighted by molar-refractivity contribution is 0.407. The molecule has 24 heavy (non-hydrogen) atoms. The Balaban J connectivity index is 1.76. The molecule has 0 aliphatic heterocycles. The molecule has 0 aliphatic carbocycles. The lowest BCUT2D eigenvalue weighted by Crippen LogP contribution is -2.43. The normalized spacial score (nSPS) is 9.88. The van der Waals surface area contributed by atoms with E-state index in [2.05, 4.69) is 34.9 Å². The second-order valence-corrected chi connectivity index (χ2v) is 5.51. The van der Waals surface area contributed by atoms with Crippen molar-refractivity contribution in [3.63, 3.8) is 0 Å². The average molecular weight is 343 g/mol. The number of methoxy groups -OCH3 is 1. The number of benzene rings is 2. The number of rotatable bonds is 7. The van der Waals surface area contributed by atoms with Gasteiger partial charge in [0, 0.05) is 18.2 Å². The van der Waals surface area contributed by atoms with Crippen LogP contribution in [0.5, 0.6) is 11.5 Å². The van der Waals surface area contributed by atoms with Crippen LogP contribution in [-0.4, -0.2) is 23.9 Å². The summed E-state index contributed by atoms with van der Waals surface area (Å²) in [4.78, 5) is 0. The summed E-state index contributed by atoms with van der Waals surface area (Å²) in [6, 6.07) is 15.2. The summed E-state index contributed by atoms with van der Waals surface area (Å²) in [5, 5.41) is 13.5. The third kappa shape index (κ3) is 5.17. The summed E-state index contributed by atoms with van der Waals surface area (Å²) in [6.07, 6.45) is 0.878. The van der Waals surface area contributed by atoms with Crippen molar-refractivity contribution >= 4 is 23.0 Å². The zero-order chi connectivity index (χ0) is 17.4. The summed E-state index contributed by atoms with van der Waals surface area (Å²) in [5.74, 6) is 0.659. The number of hydrazine groups is 1. The molecule has 2 aromatic carbocycles. The van der Waals surface area contributed by atoms with Crippen molar-refractivity contribution in [1.29, 1.82) is 0 Å². The molecule has 0 bridgehead atoms. The van der Waals surface area contributed by atoms with E-state index in [4.69, 9.17) is 17.0 Å². The molecule has 5 nitrogen and oxygen atoms in total. The first-order chi connectivity index (χ1) is 11.6. The molecule has 0 saturated heterocycles. The van der Waals surface area contributed by atoms with Crippen molar-refractivity contribution in [1.82, 2.24) is 16.2 Å². The Kier molecular flexibility index (Phi) is 6.45. The molecule has 0 unspecified atom stereocenters. The minimum Gasteiger partial charge on any atom is -0.507 e. The van der Waals surface area contributed by atoms with Crippen LogP contribution in [0.4, 0.5) is 0 Å². The summed E-state index contributed by atoms with van der Waals surface area (Å²) >= 11 is 5.20. The van der Waals surface area contributed by atoms with Crippen LogP contribution in [0.2, 0.25) is 0 Å². The maximum absolute atomic E-state index is 9.97. The Morgan fingerprint density at radius 1 is 1.17 bits per heavy atom. The topological polar surface area (TPSA) is 65.5 Å². The molecular formula is C18H21N3O2S. The lowest BCUT2D eigenvalue weighted by Gasteiger charge is -2.15. The van der Waals surface area contributed by atoms with Crippen LogP contribution < -0.4 is 20.9 Å². The van der Waals surface area contributed by atoms with Crippen LogP contribution in [-0.2, 0) is 6.42 Å². The molecule has 126 valence electrons. The van der Waals surface area contributed by atoms with Crippen LogP contribution in [0.15, 0.2) is 55.1 Å². The highest BCUT2D eigenvalue weighted by Crippen LogP contribution is 2.26. The fourth-order valence-corrected chi connectivity index (χ4v) is 2.26. The fourth-order valence-electron chi connectivity index (χ4n) is 2.10. The minimum absolute atomic E-state index is 0.0802. The third-order valence-electron chi connectivity index (χ3n) is 3.40. The predicted molar refractivity (Wildman–Crippen MR) is 101 cm³/mol. The smallest absolute Gasteiger partial charge is 0.185 e. The largest absolute Gasteiger partial charge is 0.507 e. The number of nitrogens with one attached hydrogen (secondary N) is 3. The van der Waals surface area contributed by atoms with Crippen molar-refractivity contribution < 1.29 is 9.84 Å². The molecule has 6 heteroatoms. The molecule has 0 fully saturated rings. The van der Waals surface area contributed by atoms with E-state index in [1.807, 2.05) is 18.2 Å². The number of ether oxygens (including phenoxy) is 1. The zero-order valence-electron chi connectivity index (χ0n) is 13.5. The number of phenols is 1. The van der Waals surface area contributed by atoms with E-state index >= 15 is 0 Å². The first-order valence-corrected chi connectivity index (χ1v) is 7.91. The lowest BCUT2D eigenvalue weighted by atomic mass is 10.1. The molecule has 0 atom stereocenters. The molecular weight excluding hydrogens is 322 g/mol. The van der Waals surface area contributed by atoms with Crippen LogP contribution in [0, 0.1) is 0 Å². The van der Waals surface area contributed by atoms with E-state index in [-0.39, 0.29) is 5.75 Å². The maximum Gasteiger partial charge on any atom is 0.185 e. The maximum atomic E-state index is 9.97. The number of phenolic OH excluding ortho intramolecular Hbond substituents is 1. The quantitative estimate of drug-likeness (QED) is 0.458. The molecule has 0 spiro atoms. The summed E-state index contributed by atoms with van der Waals surface area (Å²) in [7, 11) is 1.54. The van der Waals surface area contributed by atoms with Crippen molar-refractivity contribution in [2.75, 3.05) is 13.7 Å². The number of hydrogen-bond acceptors (Lipinski definition) is 4. The van der Waals surface area contributed by atoms with Gasteiger partial charge in [0.25, 0.3) is 0 Å². The Morgan fingerprint density at radius 2 is 1.92 bits per heavy atom. The van der Waals surface area contributed by atoms with Gasteiger partial charge in [-0.3, -0.25) is 10.9 Å². The Bertz CT molecular complexity index is 705.